The molecule has 0 unspecified atom stereocenters. The standard InChI is InChI=1S/C26H19N3/c1-28-24-16-15-21(20-13-11-19(12-14-20)18-7-3-2-4-8-18)17-25(24)29-23-10-6-5-9-22(23)27-26(28)29/h2-17H,1H3. The van der Waals surface area contributed by atoms with Gasteiger partial charge in [0.1, 0.15) is 0 Å². The summed E-state index contributed by atoms with van der Waals surface area (Å²) in [6.07, 6.45) is 0. The first-order valence-electron chi connectivity index (χ1n) is 9.81. The molecule has 2 aromatic heterocycles. The minimum Gasteiger partial charge on any atom is -0.313 e. The highest BCUT2D eigenvalue weighted by molar-refractivity contribution is 5.92. The van der Waals surface area contributed by atoms with Gasteiger partial charge in [0.25, 0.3) is 0 Å². The van der Waals surface area contributed by atoms with Gasteiger partial charge in [-0.1, -0.05) is 72.8 Å². The zero-order valence-electron chi connectivity index (χ0n) is 16.1. The van der Waals surface area contributed by atoms with Crippen molar-refractivity contribution >= 4 is 27.8 Å². The Bertz CT molecular complexity index is 1490. The summed E-state index contributed by atoms with van der Waals surface area (Å²) in [5.74, 6) is 0.970. The molecule has 3 nitrogen and oxygen atoms in total. The van der Waals surface area contributed by atoms with Crippen LogP contribution in [0.15, 0.2) is 97.1 Å². The predicted molar refractivity (Wildman–Crippen MR) is 120 cm³/mol. The Kier molecular flexibility index (Phi) is 3.38. The molecule has 0 saturated heterocycles. The summed E-state index contributed by atoms with van der Waals surface area (Å²) in [6.45, 7) is 0. The molecule has 0 spiro atoms. The van der Waals surface area contributed by atoms with Gasteiger partial charge in [0.15, 0.2) is 0 Å². The lowest BCUT2D eigenvalue weighted by Gasteiger charge is -2.06. The third-order valence-electron chi connectivity index (χ3n) is 5.75. The number of hydrogen-bond acceptors (Lipinski definition) is 1. The highest BCUT2D eigenvalue weighted by atomic mass is 15.2. The number of hydrogen-bond donors (Lipinski definition) is 0. The molecule has 0 fully saturated rings. The molecule has 0 N–H and O–H groups in total. The molecule has 2 heterocycles. The molecule has 0 radical (unpaired) electrons. The predicted octanol–water partition coefficient (Wildman–Crippen LogP) is 6.31. The van der Waals surface area contributed by atoms with E-state index in [1.165, 1.54) is 33.3 Å². The summed E-state index contributed by atoms with van der Waals surface area (Å²) in [5.41, 5.74) is 9.43. The fraction of sp³-hybridized carbons (Fsp3) is 0.0385. The van der Waals surface area contributed by atoms with Crippen LogP contribution in [0.4, 0.5) is 0 Å². The SMILES string of the molecule is Cn1c2ccc(-c3ccc(-c4ccccc4)cc3)cc2n2c3ccccc3nc12. The van der Waals surface area contributed by atoms with Gasteiger partial charge in [-0.3, -0.25) is 4.40 Å². The first-order chi connectivity index (χ1) is 14.3. The number of fused-ring (bicyclic) bond motifs is 5. The van der Waals surface area contributed by atoms with Gasteiger partial charge in [0.05, 0.1) is 22.1 Å². The smallest absolute Gasteiger partial charge is 0.215 e. The Morgan fingerprint density at radius 1 is 0.552 bits per heavy atom. The lowest BCUT2D eigenvalue weighted by molar-refractivity contribution is 0.974. The molecule has 0 saturated carbocycles. The second-order valence-corrected chi connectivity index (χ2v) is 7.44. The molecule has 6 aromatic rings. The van der Waals surface area contributed by atoms with Gasteiger partial charge in [0, 0.05) is 7.05 Å². The molecule has 0 atom stereocenters. The molecule has 3 heteroatoms. The number of nitrogens with zero attached hydrogens (tertiary/aromatic N) is 3. The minimum absolute atomic E-state index is 0.970. The summed E-state index contributed by atoms with van der Waals surface area (Å²) in [5, 5.41) is 0. The molecule has 0 aliphatic carbocycles. The third kappa shape index (κ3) is 2.41. The van der Waals surface area contributed by atoms with Crippen molar-refractivity contribution in [2.45, 2.75) is 0 Å². The van der Waals surface area contributed by atoms with Crippen LogP contribution in [0.25, 0.3) is 50.1 Å². The summed E-state index contributed by atoms with van der Waals surface area (Å²) in [7, 11) is 2.08. The summed E-state index contributed by atoms with van der Waals surface area (Å²) >= 11 is 0. The Hall–Kier alpha value is -3.85. The Balaban J connectivity index is 1.52. The van der Waals surface area contributed by atoms with Crippen molar-refractivity contribution < 1.29 is 0 Å². The monoisotopic (exact) mass is 373 g/mol. The molecule has 0 amide bonds. The van der Waals surface area contributed by atoms with E-state index in [0.717, 1.165) is 16.8 Å². The van der Waals surface area contributed by atoms with Crippen molar-refractivity contribution in [1.29, 1.82) is 0 Å². The summed E-state index contributed by atoms with van der Waals surface area (Å²) < 4.78 is 4.42. The molecule has 0 bridgehead atoms. The van der Waals surface area contributed by atoms with Crippen LogP contribution < -0.4 is 0 Å². The third-order valence-corrected chi connectivity index (χ3v) is 5.75. The van der Waals surface area contributed by atoms with E-state index in [2.05, 4.69) is 101 Å². The second kappa shape index (κ2) is 6.08. The fourth-order valence-corrected chi connectivity index (χ4v) is 4.23. The van der Waals surface area contributed by atoms with E-state index in [-0.39, 0.29) is 0 Å². The second-order valence-electron chi connectivity index (χ2n) is 7.44. The van der Waals surface area contributed by atoms with Gasteiger partial charge in [0.2, 0.25) is 5.78 Å². The number of rotatable bonds is 2. The quantitative estimate of drug-likeness (QED) is 0.348. The van der Waals surface area contributed by atoms with E-state index in [1.54, 1.807) is 0 Å². The minimum atomic E-state index is 0.970. The van der Waals surface area contributed by atoms with Crippen molar-refractivity contribution in [3.8, 4) is 22.3 Å². The largest absolute Gasteiger partial charge is 0.313 e. The number of benzene rings is 4. The highest BCUT2D eigenvalue weighted by Crippen LogP contribution is 2.30. The highest BCUT2D eigenvalue weighted by Gasteiger charge is 2.14. The van der Waals surface area contributed by atoms with Crippen LogP contribution in [0, 0.1) is 0 Å². The van der Waals surface area contributed by atoms with Gasteiger partial charge in [-0.2, -0.15) is 0 Å². The average Bonchev–Trinajstić information content (AvgIpc) is 3.30. The fourth-order valence-electron chi connectivity index (χ4n) is 4.23. The summed E-state index contributed by atoms with van der Waals surface area (Å²) in [4.78, 5) is 4.83. The molecule has 138 valence electrons. The van der Waals surface area contributed by atoms with Gasteiger partial charge >= 0.3 is 0 Å². The van der Waals surface area contributed by atoms with Crippen LogP contribution >= 0.6 is 0 Å². The Morgan fingerprint density at radius 3 is 1.97 bits per heavy atom. The molecule has 4 aromatic carbocycles. The van der Waals surface area contributed by atoms with Crippen molar-refractivity contribution in [1.82, 2.24) is 14.0 Å². The zero-order valence-corrected chi connectivity index (χ0v) is 16.1. The average molecular weight is 373 g/mol. The first-order valence-corrected chi connectivity index (χ1v) is 9.81. The number of imidazole rings is 2. The van der Waals surface area contributed by atoms with E-state index in [1.807, 2.05) is 12.1 Å². The van der Waals surface area contributed by atoms with Crippen molar-refractivity contribution in [2.75, 3.05) is 0 Å². The van der Waals surface area contributed by atoms with E-state index >= 15 is 0 Å². The van der Waals surface area contributed by atoms with E-state index < -0.39 is 0 Å². The molecular weight excluding hydrogens is 354 g/mol. The van der Waals surface area contributed by atoms with Crippen LogP contribution in [0.3, 0.4) is 0 Å². The van der Waals surface area contributed by atoms with Crippen LogP contribution in [0.2, 0.25) is 0 Å². The van der Waals surface area contributed by atoms with E-state index in [9.17, 15) is 0 Å². The van der Waals surface area contributed by atoms with Crippen molar-refractivity contribution in [3.63, 3.8) is 0 Å². The molecule has 6 rings (SSSR count). The van der Waals surface area contributed by atoms with Gasteiger partial charge < -0.3 is 4.57 Å². The number of para-hydroxylation sites is 2. The normalized spacial score (nSPS) is 11.6. The van der Waals surface area contributed by atoms with Gasteiger partial charge in [-0.15, -0.1) is 0 Å². The van der Waals surface area contributed by atoms with Crippen LogP contribution in [0.5, 0.6) is 0 Å². The van der Waals surface area contributed by atoms with Gasteiger partial charge in [-0.25, -0.2) is 4.98 Å². The Labute approximate surface area is 168 Å². The maximum atomic E-state index is 4.83. The molecule has 0 aliphatic rings. The number of aryl methyl sites for hydroxylation is 1. The molecule has 29 heavy (non-hydrogen) atoms. The maximum absolute atomic E-state index is 4.83. The Morgan fingerprint density at radius 2 is 1.17 bits per heavy atom. The summed E-state index contributed by atoms with van der Waals surface area (Å²) in [6, 6.07) is 34.3. The first kappa shape index (κ1) is 16.1. The van der Waals surface area contributed by atoms with Gasteiger partial charge in [-0.05, 0) is 46.5 Å². The van der Waals surface area contributed by atoms with Crippen LogP contribution in [-0.2, 0) is 7.05 Å². The zero-order chi connectivity index (χ0) is 19.4. The van der Waals surface area contributed by atoms with Crippen molar-refractivity contribution in [2.24, 2.45) is 7.05 Å². The van der Waals surface area contributed by atoms with E-state index in [0.29, 0.717) is 0 Å². The molecule has 0 aliphatic heterocycles. The maximum Gasteiger partial charge on any atom is 0.215 e. The molecular formula is C26H19N3. The van der Waals surface area contributed by atoms with Crippen LogP contribution in [-0.4, -0.2) is 14.0 Å². The van der Waals surface area contributed by atoms with E-state index in [4.69, 9.17) is 4.98 Å². The topological polar surface area (TPSA) is 22.2 Å². The van der Waals surface area contributed by atoms with Crippen molar-refractivity contribution in [3.05, 3.63) is 97.1 Å². The number of aromatic nitrogens is 3. The lowest BCUT2D eigenvalue weighted by Crippen LogP contribution is -1.88. The van der Waals surface area contributed by atoms with Crippen LogP contribution in [0.1, 0.15) is 0 Å². The lowest BCUT2D eigenvalue weighted by atomic mass is 10.00.